The lowest BCUT2D eigenvalue weighted by Crippen LogP contribution is -2.26. The quantitative estimate of drug-likeness (QED) is 0.627. The second-order valence-corrected chi connectivity index (χ2v) is 5.81. The van der Waals surface area contributed by atoms with E-state index in [2.05, 4.69) is 29.8 Å². The van der Waals surface area contributed by atoms with E-state index >= 15 is 0 Å². The van der Waals surface area contributed by atoms with Gasteiger partial charge in [-0.25, -0.2) is 0 Å². The van der Waals surface area contributed by atoms with Gasteiger partial charge in [0.25, 0.3) is 0 Å². The van der Waals surface area contributed by atoms with Crippen LogP contribution in [0, 0.1) is 11.3 Å². The summed E-state index contributed by atoms with van der Waals surface area (Å²) in [7, 11) is 0. The van der Waals surface area contributed by atoms with E-state index in [0.29, 0.717) is 5.41 Å². The molecule has 1 unspecified atom stereocenters. The first-order valence-electron chi connectivity index (χ1n) is 6.36. The van der Waals surface area contributed by atoms with Gasteiger partial charge in [-0.15, -0.1) is 0 Å². The van der Waals surface area contributed by atoms with Gasteiger partial charge in [0.05, 0.1) is 6.61 Å². The Morgan fingerprint density at radius 1 is 1.33 bits per heavy atom. The number of ether oxygens (including phenoxy) is 1. The van der Waals surface area contributed by atoms with E-state index in [1.54, 1.807) is 0 Å². The molecule has 1 saturated carbocycles. The van der Waals surface area contributed by atoms with Gasteiger partial charge in [0.15, 0.2) is 0 Å². The molecule has 0 bridgehead atoms. The molecule has 0 aromatic heterocycles. The third-order valence-corrected chi connectivity index (χ3v) is 4.73. The van der Waals surface area contributed by atoms with Crippen LogP contribution in [-0.2, 0) is 4.74 Å². The first-order chi connectivity index (χ1) is 7.22. The number of hydrogen-bond acceptors (Lipinski definition) is 1. The highest BCUT2D eigenvalue weighted by Crippen LogP contribution is 2.39. The van der Waals surface area contributed by atoms with E-state index in [0.717, 1.165) is 24.5 Å². The van der Waals surface area contributed by atoms with Crippen LogP contribution in [0.15, 0.2) is 0 Å². The van der Waals surface area contributed by atoms with Gasteiger partial charge < -0.3 is 4.74 Å². The van der Waals surface area contributed by atoms with E-state index in [4.69, 9.17) is 4.74 Å². The molecule has 0 radical (unpaired) electrons. The summed E-state index contributed by atoms with van der Waals surface area (Å²) >= 11 is 3.65. The van der Waals surface area contributed by atoms with Gasteiger partial charge in [-0.1, -0.05) is 49.0 Å². The molecule has 1 aliphatic carbocycles. The minimum absolute atomic E-state index is 0.464. The molecule has 2 heteroatoms. The highest BCUT2D eigenvalue weighted by atomic mass is 79.9. The van der Waals surface area contributed by atoms with E-state index in [-0.39, 0.29) is 0 Å². The molecule has 1 atom stereocenters. The van der Waals surface area contributed by atoms with Gasteiger partial charge in [-0.3, -0.25) is 0 Å². The Kier molecular flexibility index (Phi) is 6.21. The van der Waals surface area contributed by atoms with Crippen molar-refractivity contribution in [2.24, 2.45) is 11.3 Å². The van der Waals surface area contributed by atoms with Crippen molar-refractivity contribution in [2.45, 2.75) is 52.4 Å². The maximum absolute atomic E-state index is 5.90. The second-order valence-electron chi connectivity index (χ2n) is 5.25. The molecular formula is C13H25BrO. The van der Waals surface area contributed by atoms with Crippen LogP contribution in [0.3, 0.4) is 0 Å². The molecule has 1 fully saturated rings. The van der Waals surface area contributed by atoms with Crippen molar-refractivity contribution in [3.8, 4) is 0 Å². The summed E-state index contributed by atoms with van der Waals surface area (Å²) in [5.41, 5.74) is 0.464. The number of rotatable bonds is 7. The summed E-state index contributed by atoms with van der Waals surface area (Å²) in [4.78, 5) is 0. The summed E-state index contributed by atoms with van der Waals surface area (Å²) < 4.78 is 5.90. The van der Waals surface area contributed by atoms with Crippen molar-refractivity contribution < 1.29 is 4.74 Å². The van der Waals surface area contributed by atoms with Crippen LogP contribution in [0.4, 0.5) is 0 Å². The predicted octanol–water partition coefficient (Wildman–Crippen LogP) is 4.39. The Labute approximate surface area is 103 Å². The molecule has 0 N–H and O–H groups in total. The lowest BCUT2D eigenvalue weighted by molar-refractivity contribution is 0.0394. The Bertz CT molecular complexity index is 164. The van der Waals surface area contributed by atoms with Crippen molar-refractivity contribution >= 4 is 15.9 Å². The molecule has 0 heterocycles. The van der Waals surface area contributed by atoms with E-state index in [1.165, 1.54) is 38.5 Å². The minimum atomic E-state index is 0.464. The number of hydrogen-bond donors (Lipinski definition) is 0. The SMILES string of the molecule is CCCC(C)COCC1(CBr)CCCC1. The van der Waals surface area contributed by atoms with Crippen LogP contribution in [-0.4, -0.2) is 18.5 Å². The lowest BCUT2D eigenvalue weighted by Gasteiger charge is -2.26. The normalized spacial score (nSPS) is 21.8. The van der Waals surface area contributed by atoms with Crippen LogP contribution >= 0.6 is 15.9 Å². The highest BCUT2D eigenvalue weighted by Gasteiger charge is 2.32. The van der Waals surface area contributed by atoms with Gasteiger partial charge in [-0.2, -0.15) is 0 Å². The summed E-state index contributed by atoms with van der Waals surface area (Å²) in [5.74, 6) is 0.726. The van der Waals surface area contributed by atoms with Crippen LogP contribution < -0.4 is 0 Å². The summed E-state index contributed by atoms with van der Waals surface area (Å²) in [6.45, 7) is 6.45. The molecule has 0 aromatic rings. The zero-order valence-corrected chi connectivity index (χ0v) is 11.8. The second kappa shape index (κ2) is 6.90. The van der Waals surface area contributed by atoms with Crippen LogP contribution in [0.1, 0.15) is 52.4 Å². The summed E-state index contributed by atoms with van der Waals surface area (Å²) in [6, 6.07) is 0. The average Bonchev–Trinajstić information content (AvgIpc) is 2.68. The van der Waals surface area contributed by atoms with Crippen LogP contribution in [0.2, 0.25) is 0 Å². The topological polar surface area (TPSA) is 9.23 Å². The van der Waals surface area contributed by atoms with Crippen LogP contribution in [0.25, 0.3) is 0 Å². The predicted molar refractivity (Wildman–Crippen MR) is 69.6 cm³/mol. The Hall–Kier alpha value is 0.440. The fraction of sp³-hybridized carbons (Fsp3) is 1.00. The monoisotopic (exact) mass is 276 g/mol. The van der Waals surface area contributed by atoms with Gasteiger partial charge in [0, 0.05) is 17.4 Å². The van der Waals surface area contributed by atoms with Crippen LogP contribution in [0.5, 0.6) is 0 Å². The lowest BCUT2D eigenvalue weighted by atomic mass is 9.90. The molecule has 1 nitrogen and oxygen atoms in total. The zero-order chi connectivity index (χ0) is 11.1. The smallest absolute Gasteiger partial charge is 0.0530 e. The standard InChI is InChI=1S/C13H25BrO/c1-3-6-12(2)9-15-11-13(10-14)7-4-5-8-13/h12H,3-11H2,1-2H3. The van der Waals surface area contributed by atoms with Gasteiger partial charge in [0.2, 0.25) is 0 Å². The van der Waals surface area contributed by atoms with Gasteiger partial charge in [0.1, 0.15) is 0 Å². The molecule has 0 spiro atoms. The fourth-order valence-corrected chi connectivity index (χ4v) is 3.22. The maximum atomic E-state index is 5.90. The van der Waals surface area contributed by atoms with Crippen molar-refractivity contribution in [2.75, 3.05) is 18.5 Å². The molecule has 15 heavy (non-hydrogen) atoms. The highest BCUT2D eigenvalue weighted by molar-refractivity contribution is 9.09. The summed E-state index contributed by atoms with van der Waals surface area (Å²) in [5, 5.41) is 1.11. The Morgan fingerprint density at radius 2 is 2.00 bits per heavy atom. The largest absolute Gasteiger partial charge is 0.381 e. The molecule has 90 valence electrons. The van der Waals surface area contributed by atoms with Crippen molar-refractivity contribution in [3.05, 3.63) is 0 Å². The number of halogens is 1. The maximum Gasteiger partial charge on any atom is 0.0530 e. The molecule has 0 aromatic carbocycles. The first-order valence-corrected chi connectivity index (χ1v) is 7.48. The molecule has 1 rings (SSSR count). The van der Waals surface area contributed by atoms with E-state index in [1.807, 2.05) is 0 Å². The zero-order valence-electron chi connectivity index (χ0n) is 10.2. The van der Waals surface area contributed by atoms with Gasteiger partial charge >= 0.3 is 0 Å². The molecule has 0 amide bonds. The molecule has 1 aliphatic rings. The minimum Gasteiger partial charge on any atom is -0.381 e. The molecule has 0 aliphatic heterocycles. The van der Waals surface area contributed by atoms with Crippen molar-refractivity contribution in [1.82, 2.24) is 0 Å². The van der Waals surface area contributed by atoms with Crippen molar-refractivity contribution in [3.63, 3.8) is 0 Å². The number of alkyl halides is 1. The van der Waals surface area contributed by atoms with Crippen molar-refractivity contribution in [1.29, 1.82) is 0 Å². The Balaban J connectivity index is 2.17. The average molecular weight is 277 g/mol. The third kappa shape index (κ3) is 4.44. The third-order valence-electron chi connectivity index (χ3n) is 3.54. The molecular weight excluding hydrogens is 252 g/mol. The molecule has 0 saturated heterocycles. The first kappa shape index (κ1) is 13.5. The van der Waals surface area contributed by atoms with Gasteiger partial charge in [-0.05, 0) is 25.2 Å². The van der Waals surface area contributed by atoms with E-state index < -0.39 is 0 Å². The van der Waals surface area contributed by atoms with E-state index in [9.17, 15) is 0 Å². The Morgan fingerprint density at radius 3 is 2.53 bits per heavy atom. The fourth-order valence-electron chi connectivity index (χ4n) is 2.49. The summed E-state index contributed by atoms with van der Waals surface area (Å²) in [6.07, 6.45) is 8.04.